The van der Waals surface area contributed by atoms with Crippen LogP contribution in [0.25, 0.3) is 6.08 Å². The molecule has 0 bridgehead atoms. The standard InChI is InChI=1S/C25H28N4O5S/c1-19(30)26-10-12-28(13-11-26)25(31)9-7-20-6-8-24(22(18-20)29(32)33)35-23-5-3-2-4-21(23)27-14-16-34-17-15-27/h2-9,18H,10-17H2,1H3/b9-7+. The molecule has 35 heavy (non-hydrogen) atoms. The Bertz CT molecular complexity index is 1120. The molecular weight excluding hydrogens is 468 g/mol. The van der Waals surface area contributed by atoms with Gasteiger partial charge in [-0.3, -0.25) is 19.7 Å². The number of anilines is 1. The predicted octanol–water partition coefficient (Wildman–Crippen LogP) is 3.29. The molecule has 2 aliphatic heterocycles. The lowest BCUT2D eigenvalue weighted by Gasteiger charge is -2.33. The van der Waals surface area contributed by atoms with Gasteiger partial charge in [-0.2, -0.15) is 0 Å². The minimum Gasteiger partial charge on any atom is -0.378 e. The Kier molecular flexibility index (Phi) is 8.04. The van der Waals surface area contributed by atoms with E-state index in [0.717, 1.165) is 23.7 Å². The molecule has 4 rings (SSSR count). The van der Waals surface area contributed by atoms with Crippen molar-refractivity contribution in [3.8, 4) is 0 Å². The van der Waals surface area contributed by atoms with E-state index in [1.807, 2.05) is 24.3 Å². The van der Waals surface area contributed by atoms with Crippen molar-refractivity contribution < 1.29 is 19.2 Å². The molecule has 2 saturated heterocycles. The van der Waals surface area contributed by atoms with E-state index < -0.39 is 0 Å². The van der Waals surface area contributed by atoms with Gasteiger partial charge in [-0.25, -0.2) is 0 Å². The first-order valence-electron chi connectivity index (χ1n) is 11.5. The summed E-state index contributed by atoms with van der Waals surface area (Å²) in [6.07, 6.45) is 3.03. The number of ether oxygens (including phenoxy) is 1. The maximum Gasteiger partial charge on any atom is 0.283 e. The van der Waals surface area contributed by atoms with E-state index in [1.54, 1.807) is 28.0 Å². The summed E-state index contributed by atoms with van der Waals surface area (Å²) in [4.78, 5) is 42.6. The van der Waals surface area contributed by atoms with Crippen LogP contribution in [0.3, 0.4) is 0 Å². The van der Waals surface area contributed by atoms with Gasteiger partial charge >= 0.3 is 0 Å². The Morgan fingerprint density at radius 3 is 2.34 bits per heavy atom. The summed E-state index contributed by atoms with van der Waals surface area (Å²) in [5.74, 6) is -0.167. The van der Waals surface area contributed by atoms with Crippen LogP contribution in [-0.4, -0.2) is 79.0 Å². The zero-order valence-electron chi connectivity index (χ0n) is 19.6. The van der Waals surface area contributed by atoms with Crippen molar-refractivity contribution in [2.75, 3.05) is 57.4 Å². The van der Waals surface area contributed by atoms with Gasteiger partial charge in [0, 0.05) is 63.2 Å². The number of para-hydroxylation sites is 1. The number of piperazine rings is 1. The van der Waals surface area contributed by atoms with Crippen LogP contribution in [0.4, 0.5) is 11.4 Å². The van der Waals surface area contributed by atoms with Crippen molar-refractivity contribution in [1.82, 2.24) is 9.80 Å². The van der Waals surface area contributed by atoms with Gasteiger partial charge in [-0.05, 0) is 29.8 Å². The van der Waals surface area contributed by atoms with Crippen LogP contribution >= 0.6 is 11.8 Å². The number of nitrogens with zero attached hydrogens (tertiary/aromatic N) is 4. The lowest BCUT2D eigenvalue weighted by Crippen LogP contribution is -2.49. The summed E-state index contributed by atoms with van der Waals surface area (Å²) in [5.41, 5.74) is 1.62. The number of hydrogen-bond donors (Lipinski definition) is 0. The molecule has 2 aliphatic rings. The smallest absolute Gasteiger partial charge is 0.283 e. The summed E-state index contributed by atoms with van der Waals surface area (Å²) in [6, 6.07) is 12.9. The second-order valence-electron chi connectivity index (χ2n) is 8.32. The summed E-state index contributed by atoms with van der Waals surface area (Å²) < 4.78 is 5.45. The summed E-state index contributed by atoms with van der Waals surface area (Å²) in [7, 11) is 0. The van der Waals surface area contributed by atoms with Crippen LogP contribution in [0.15, 0.2) is 58.3 Å². The summed E-state index contributed by atoms with van der Waals surface area (Å²) in [5, 5.41) is 11.9. The van der Waals surface area contributed by atoms with E-state index >= 15 is 0 Å². The molecule has 2 aromatic carbocycles. The minimum absolute atomic E-state index is 0.00329. The number of carbonyl (C=O) groups excluding carboxylic acids is 2. The fourth-order valence-electron chi connectivity index (χ4n) is 4.11. The van der Waals surface area contributed by atoms with Gasteiger partial charge in [0.05, 0.1) is 28.7 Å². The fraction of sp³-hybridized carbons (Fsp3) is 0.360. The molecule has 0 atom stereocenters. The maximum absolute atomic E-state index is 12.5. The number of rotatable bonds is 6. The first-order valence-corrected chi connectivity index (χ1v) is 12.3. The van der Waals surface area contributed by atoms with Gasteiger partial charge in [0.1, 0.15) is 0 Å². The largest absolute Gasteiger partial charge is 0.378 e. The van der Waals surface area contributed by atoms with Crippen molar-refractivity contribution >= 4 is 41.0 Å². The highest BCUT2D eigenvalue weighted by molar-refractivity contribution is 7.99. The lowest BCUT2D eigenvalue weighted by molar-refractivity contribution is -0.387. The highest BCUT2D eigenvalue weighted by atomic mass is 32.2. The molecule has 0 aliphatic carbocycles. The third-order valence-corrected chi connectivity index (χ3v) is 7.20. The fourth-order valence-corrected chi connectivity index (χ4v) is 5.17. The third-order valence-electron chi connectivity index (χ3n) is 6.07. The van der Waals surface area contributed by atoms with E-state index in [-0.39, 0.29) is 22.4 Å². The average Bonchev–Trinajstić information content (AvgIpc) is 2.88. The molecule has 0 N–H and O–H groups in total. The Hall–Kier alpha value is -3.37. The molecule has 2 amide bonds. The molecule has 184 valence electrons. The van der Waals surface area contributed by atoms with Crippen molar-refractivity contribution in [2.24, 2.45) is 0 Å². The number of hydrogen-bond acceptors (Lipinski definition) is 7. The number of benzene rings is 2. The molecule has 2 fully saturated rings. The molecule has 0 saturated carbocycles. The van der Waals surface area contributed by atoms with E-state index in [9.17, 15) is 19.7 Å². The Morgan fingerprint density at radius 1 is 0.971 bits per heavy atom. The molecule has 9 nitrogen and oxygen atoms in total. The van der Waals surface area contributed by atoms with Crippen molar-refractivity contribution in [2.45, 2.75) is 16.7 Å². The molecule has 2 aromatic rings. The monoisotopic (exact) mass is 496 g/mol. The number of morpholine rings is 1. The second-order valence-corrected chi connectivity index (χ2v) is 9.40. The van der Waals surface area contributed by atoms with Crippen LogP contribution in [0.1, 0.15) is 12.5 Å². The highest BCUT2D eigenvalue weighted by Gasteiger charge is 2.22. The zero-order chi connectivity index (χ0) is 24.8. The minimum atomic E-state index is -0.389. The number of nitro groups is 1. The first-order chi connectivity index (χ1) is 16.9. The quantitative estimate of drug-likeness (QED) is 0.344. The van der Waals surface area contributed by atoms with Gasteiger partial charge in [0.2, 0.25) is 11.8 Å². The summed E-state index contributed by atoms with van der Waals surface area (Å²) >= 11 is 1.37. The molecule has 0 aromatic heterocycles. The van der Waals surface area contributed by atoms with E-state index in [4.69, 9.17) is 4.74 Å². The second kappa shape index (κ2) is 11.4. The summed E-state index contributed by atoms with van der Waals surface area (Å²) in [6.45, 7) is 6.37. The normalized spacial score (nSPS) is 16.5. The van der Waals surface area contributed by atoms with Crippen molar-refractivity contribution in [1.29, 1.82) is 0 Å². The molecule has 10 heteroatoms. The number of amides is 2. The SMILES string of the molecule is CC(=O)N1CCN(C(=O)/C=C/c2ccc(Sc3ccccc3N3CCOCC3)c([N+](=O)[O-])c2)CC1. The Balaban J connectivity index is 1.48. The van der Waals surface area contributed by atoms with E-state index in [0.29, 0.717) is 49.9 Å². The zero-order valence-corrected chi connectivity index (χ0v) is 20.4. The van der Waals surface area contributed by atoms with Gasteiger partial charge in [-0.1, -0.05) is 30.0 Å². The Labute approximate surface area is 208 Å². The van der Waals surface area contributed by atoms with Crippen molar-refractivity contribution in [3.63, 3.8) is 0 Å². The molecule has 0 spiro atoms. The topological polar surface area (TPSA) is 96.2 Å². The van der Waals surface area contributed by atoms with Crippen LogP contribution in [-0.2, 0) is 14.3 Å². The maximum atomic E-state index is 12.5. The van der Waals surface area contributed by atoms with Gasteiger partial charge in [0.25, 0.3) is 5.69 Å². The van der Waals surface area contributed by atoms with E-state index in [1.165, 1.54) is 30.8 Å². The lowest BCUT2D eigenvalue weighted by atomic mass is 10.2. The van der Waals surface area contributed by atoms with Gasteiger partial charge in [0.15, 0.2) is 0 Å². The molecular formula is C25H28N4O5S. The van der Waals surface area contributed by atoms with E-state index in [2.05, 4.69) is 4.90 Å². The van der Waals surface area contributed by atoms with Gasteiger partial charge in [-0.15, -0.1) is 0 Å². The van der Waals surface area contributed by atoms with Crippen LogP contribution in [0.5, 0.6) is 0 Å². The number of carbonyl (C=O) groups is 2. The average molecular weight is 497 g/mol. The molecule has 0 radical (unpaired) electrons. The van der Waals surface area contributed by atoms with Crippen LogP contribution in [0.2, 0.25) is 0 Å². The van der Waals surface area contributed by atoms with Crippen LogP contribution < -0.4 is 4.90 Å². The highest BCUT2D eigenvalue weighted by Crippen LogP contribution is 2.40. The number of nitro benzene ring substituents is 1. The van der Waals surface area contributed by atoms with Crippen LogP contribution in [0, 0.1) is 10.1 Å². The Morgan fingerprint density at radius 2 is 1.66 bits per heavy atom. The first kappa shape index (κ1) is 24.7. The third kappa shape index (κ3) is 6.20. The predicted molar refractivity (Wildman–Crippen MR) is 135 cm³/mol. The van der Waals surface area contributed by atoms with Crippen molar-refractivity contribution in [3.05, 3.63) is 64.2 Å². The van der Waals surface area contributed by atoms with Gasteiger partial charge < -0.3 is 19.4 Å². The molecule has 2 heterocycles. The molecule has 0 unspecified atom stereocenters.